The van der Waals surface area contributed by atoms with Crippen LogP contribution in [0.5, 0.6) is 5.75 Å². The number of hydrogen-bond donors (Lipinski definition) is 0. The van der Waals surface area contributed by atoms with Crippen molar-refractivity contribution in [3.63, 3.8) is 0 Å². The molecular formula is C5H5NO3. The van der Waals surface area contributed by atoms with E-state index in [4.69, 9.17) is 0 Å². The van der Waals surface area contributed by atoms with Gasteiger partial charge in [0.1, 0.15) is 5.69 Å². The predicted octanol–water partition coefficient (Wildman–Crippen LogP) is 0.518. The Balaban J connectivity index is 2.80. The van der Waals surface area contributed by atoms with Crippen LogP contribution in [0.15, 0.2) is 10.8 Å². The molecule has 0 spiro atoms. The first-order valence-electron chi connectivity index (χ1n) is 2.36. The van der Waals surface area contributed by atoms with Crippen molar-refractivity contribution in [1.82, 2.24) is 5.16 Å². The molecule has 0 unspecified atom stereocenters. The fourth-order valence-corrected chi connectivity index (χ4v) is 0.448. The van der Waals surface area contributed by atoms with Crippen LogP contribution in [0.3, 0.4) is 0 Å². The number of carbonyl (C=O) groups excluding carboxylic acids is 1. The Bertz CT molecular complexity index is 206. The third kappa shape index (κ3) is 1.07. The van der Waals surface area contributed by atoms with E-state index in [1.165, 1.54) is 6.26 Å². The lowest BCUT2D eigenvalue weighted by molar-refractivity contribution is -0.120. The van der Waals surface area contributed by atoms with Crippen LogP contribution >= 0.6 is 0 Å². The van der Waals surface area contributed by atoms with Crippen LogP contribution in [0.4, 0.5) is 0 Å². The highest BCUT2D eigenvalue weighted by Crippen LogP contribution is 2.12. The first-order chi connectivity index (χ1) is 4.34. The second-order valence-corrected chi connectivity index (χ2v) is 1.48. The van der Waals surface area contributed by atoms with Gasteiger partial charge in [-0.1, -0.05) is 5.16 Å². The molecule has 0 saturated heterocycles. The second kappa shape index (κ2) is 2.30. The van der Waals surface area contributed by atoms with E-state index in [9.17, 15) is 4.79 Å². The molecule has 1 rings (SSSR count). The normalized spacial score (nSPS) is 9.00. The number of ether oxygens (including phenoxy) is 1. The summed E-state index contributed by atoms with van der Waals surface area (Å²) in [6.45, 7) is 2.02. The lowest BCUT2D eigenvalue weighted by Gasteiger charge is -1.86. The zero-order chi connectivity index (χ0) is 6.69. The molecule has 0 bridgehead atoms. The Labute approximate surface area is 51.4 Å². The number of aryl methyl sites for hydroxylation is 1. The molecule has 9 heavy (non-hydrogen) atoms. The van der Waals surface area contributed by atoms with Gasteiger partial charge in [-0.2, -0.15) is 0 Å². The van der Waals surface area contributed by atoms with E-state index in [0.717, 1.165) is 0 Å². The zero-order valence-electron chi connectivity index (χ0n) is 4.83. The smallest absolute Gasteiger partial charge is 0.298 e. The van der Waals surface area contributed by atoms with Crippen molar-refractivity contribution < 1.29 is 14.1 Å². The molecule has 0 saturated carbocycles. The minimum atomic E-state index is 0.333. The molecule has 0 N–H and O–H groups in total. The van der Waals surface area contributed by atoms with Crippen LogP contribution in [0.25, 0.3) is 0 Å². The summed E-state index contributed by atoms with van der Waals surface area (Å²) in [7, 11) is 0. The van der Waals surface area contributed by atoms with Gasteiger partial charge in [0.25, 0.3) is 6.47 Å². The van der Waals surface area contributed by atoms with Gasteiger partial charge >= 0.3 is 0 Å². The molecule has 4 heteroatoms. The van der Waals surface area contributed by atoms with E-state index < -0.39 is 0 Å². The average Bonchev–Trinajstić information content (AvgIpc) is 2.18. The topological polar surface area (TPSA) is 52.3 Å². The highest BCUT2D eigenvalue weighted by molar-refractivity contribution is 5.44. The standard InChI is InChI=1S/C5H5NO3/c1-4-5(8-3-7)2-9-6-4/h2-3H,1H3. The van der Waals surface area contributed by atoms with Gasteiger partial charge in [-0.25, -0.2) is 0 Å². The first-order valence-corrected chi connectivity index (χ1v) is 2.36. The van der Waals surface area contributed by atoms with Crippen LogP contribution in [-0.4, -0.2) is 11.6 Å². The van der Waals surface area contributed by atoms with Crippen molar-refractivity contribution in [1.29, 1.82) is 0 Å². The van der Waals surface area contributed by atoms with Gasteiger partial charge < -0.3 is 9.26 Å². The van der Waals surface area contributed by atoms with Crippen molar-refractivity contribution in [3.05, 3.63) is 12.0 Å². The number of nitrogens with zero attached hydrogens (tertiary/aromatic N) is 1. The first kappa shape index (κ1) is 5.81. The van der Waals surface area contributed by atoms with Crippen LogP contribution in [-0.2, 0) is 4.79 Å². The molecule has 1 aromatic heterocycles. The zero-order valence-corrected chi connectivity index (χ0v) is 4.83. The molecule has 0 radical (unpaired) electrons. The maximum atomic E-state index is 9.73. The summed E-state index contributed by atoms with van der Waals surface area (Å²) >= 11 is 0. The molecule has 4 nitrogen and oxygen atoms in total. The number of rotatable bonds is 2. The van der Waals surface area contributed by atoms with Gasteiger partial charge in [-0.3, -0.25) is 4.79 Å². The van der Waals surface area contributed by atoms with Crippen LogP contribution in [0, 0.1) is 6.92 Å². The molecule has 0 fully saturated rings. The fourth-order valence-electron chi connectivity index (χ4n) is 0.448. The highest BCUT2D eigenvalue weighted by atomic mass is 16.5. The van der Waals surface area contributed by atoms with Crippen molar-refractivity contribution >= 4 is 6.47 Å². The Kier molecular flexibility index (Phi) is 1.48. The molecule has 0 atom stereocenters. The molecule has 1 heterocycles. The van der Waals surface area contributed by atoms with E-state index in [1.54, 1.807) is 6.92 Å². The molecule has 1 aromatic rings. The quantitative estimate of drug-likeness (QED) is 0.543. The summed E-state index contributed by atoms with van der Waals surface area (Å²) in [6.07, 6.45) is 1.27. The molecule has 0 aliphatic rings. The maximum absolute atomic E-state index is 9.73. The Morgan fingerprint density at radius 1 is 1.89 bits per heavy atom. The van der Waals surface area contributed by atoms with Crippen molar-refractivity contribution in [3.8, 4) is 5.75 Å². The summed E-state index contributed by atoms with van der Waals surface area (Å²) in [4.78, 5) is 9.73. The third-order valence-electron chi connectivity index (χ3n) is 0.881. The van der Waals surface area contributed by atoms with E-state index in [1.807, 2.05) is 0 Å². The minimum Gasteiger partial charge on any atom is -0.423 e. The van der Waals surface area contributed by atoms with Gasteiger partial charge in [-0.15, -0.1) is 0 Å². The molecule has 48 valence electrons. The minimum absolute atomic E-state index is 0.333. The van der Waals surface area contributed by atoms with Gasteiger partial charge in [0.15, 0.2) is 12.0 Å². The molecule has 0 aromatic carbocycles. The molecule has 0 aliphatic carbocycles. The summed E-state index contributed by atoms with van der Waals surface area (Å²) in [5.74, 6) is 0.366. The predicted molar refractivity (Wildman–Crippen MR) is 27.9 cm³/mol. The molecular weight excluding hydrogens is 122 g/mol. The molecule has 0 amide bonds. The van der Waals surface area contributed by atoms with Gasteiger partial charge in [0.05, 0.1) is 0 Å². The number of aromatic nitrogens is 1. The van der Waals surface area contributed by atoms with Crippen molar-refractivity contribution in [2.75, 3.05) is 0 Å². The summed E-state index contributed by atoms with van der Waals surface area (Å²) in [6, 6.07) is 0. The summed E-state index contributed by atoms with van der Waals surface area (Å²) < 4.78 is 8.90. The largest absolute Gasteiger partial charge is 0.423 e. The lowest BCUT2D eigenvalue weighted by Crippen LogP contribution is -1.87. The average molecular weight is 127 g/mol. The van der Waals surface area contributed by atoms with E-state index in [2.05, 4.69) is 14.4 Å². The number of hydrogen-bond acceptors (Lipinski definition) is 4. The Morgan fingerprint density at radius 3 is 3.11 bits per heavy atom. The maximum Gasteiger partial charge on any atom is 0.298 e. The van der Waals surface area contributed by atoms with Crippen molar-refractivity contribution in [2.45, 2.75) is 6.92 Å². The third-order valence-corrected chi connectivity index (χ3v) is 0.881. The van der Waals surface area contributed by atoms with E-state index >= 15 is 0 Å². The van der Waals surface area contributed by atoms with Crippen molar-refractivity contribution in [2.24, 2.45) is 0 Å². The lowest BCUT2D eigenvalue weighted by atomic mass is 10.5. The highest BCUT2D eigenvalue weighted by Gasteiger charge is 2.00. The second-order valence-electron chi connectivity index (χ2n) is 1.48. The Morgan fingerprint density at radius 2 is 2.67 bits per heavy atom. The van der Waals surface area contributed by atoms with Crippen LogP contribution < -0.4 is 4.74 Å². The fraction of sp³-hybridized carbons (Fsp3) is 0.200. The Hall–Kier alpha value is -1.32. The van der Waals surface area contributed by atoms with Gasteiger partial charge in [-0.05, 0) is 6.92 Å². The SMILES string of the molecule is Cc1nocc1OC=O. The van der Waals surface area contributed by atoms with Crippen LogP contribution in [0.1, 0.15) is 5.69 Å². The van der Waals surface area contributed by atoms with E-state index in [0.29, 0.717) is 17.9 Å². The van der Waals surface area contributed by atoms with Gasteiger partial charge in [0.2, 0.25) is 0 Å². The monoisotopic (exact) mass is 127 g/mol. The van der Waals surface area contributed by atoms with Crippen LogP contribution in [0.2, 0.25) is 0 Å². The summed E-state index contributed by atoms with van der Waals surface area (Å²) in [5, 5.41) is 3.48. The van der Waals surface area contributed by atoms with E-state index in [-0.39, 0.29) is 0 Å². The molecule has 0 aliphatic heterocycles. The number of carbonyl (C=O) groups is 1. The summed E-state index contributed by atoms with van der Waals surface area (Å²) in [5.41, 5.74) is 0.571. The van der Waals surface area contributed by atoms with Gasteiger partial charge in [0, 0.05) is 0 Å².